The molecule has 0 aliphatic heterocycles. The summed E-state index contributed by atoms with van der Waals surface area (Å²) in [6.07, 6.45) is -4.34. The molecule has 0 spiro atoms. The minimum absolute atomic E-state index is 0.237. The Kier molecular flexibility index (Phi) is 1.89. The maximum Gasteiger partial charge on any atom is 0.416 e. The van der Waals surface area contributed by atoms with Crippen LogP contribution in [0.15, 0.2) is 18.2 Å². The number of hydrogen-bond donors (Lipinski definition) is 1. The van der Waals surface area contributed by atoms with Crippen molar-refractivity contribution in [3.63, 3.8) is 0 Å². The summed E-state index contributed by atoms with van der Waals surface area (Å²) in [5, 5.41) is 4.37. The van der Waals surface area contributed by atoms with E-state index in [0.29, 0.717) is 10.9 Å². The molecular formula is C9H8F3N3. The van der Waals surface area contributed by atoms with Crippen LogP contribution in [0, 0.1) is 0 Å². The highest BCUT2D eigenvalue weighted by Gasteiger charge is 2.30. The number of nitrogen functional groups attached to an aromatic ring is 1. The van der Waals surface area contributed by atoms with Crippen molar-refractivity contribution in [1.82, 2.24) is 9.78 Å². The highest BCUT2D eigenvalue weighted by molar-refractivity contribution is 5.89. The van der Waals surface area contributed by atoms with E-state index >= 15 is 0 Å². The van der Waals surface area contributed by atoms with Crippen LogP contribution in [0.2, 0.25) is 0 Å². The monoisotopic (exact) mass is 215 g/mol. The van der Waals surface area contributed by atoms with Crippen LogP contribution >= 0.6 is 0 Å². The number of hydrogen-bond acceptors (Lipinski definition) is 2. The molecule has 1 aromatic carbocycles. The van der Waals surface area contributed by atoms with Gasteiger partial charge in [-0.1, -0.05) is 0 Å². The first kappa shape index (κ1) is 9.82. The van der Waals surface area contributed by atoms with Crippen molar-refractivity contribution >= 4 is 16.7 Å². The molecule has 0 bridgehead atoms. The van der Waals surface area contributed by atoms with Gasteiger partial charge in [-0.25, -0.2) is 0 Å². The number of rotatable bonds is 0. The Bertz CT molecular complexity index is 513. The molecule has 1 heterocycles. The third-order valence-corrected chi connectivity index (χ3v) is 2.21. The van der Waals surface area contributed by atoms with Crippen molar-refractivity contribution in [2.24, 2.45) is 7.05 Å². The second-order valence-corrected chi connectivity index (χ2v) is 3.24. The van der Waals surface area contributed by atoms with Crippen LogP contribution in [0.25, 0.3) is 10.9 Å². The van der Waals surface area contributed by atoms with Crippen LogP contribution in [-0.2, 0) is 13.2 Å². The Morgan fingerprint density at radius 1 is 1.33 bits per heavy atom. The standard InChI is InChI=1S/C9H8F3N3/c1-15-7-4-5(9(10,11)12)2-3-6(7)8(13)14-15/h2-4H,1H3,(H2,13,14). The Labute approximate surface area is 83.3 Å². The summed E-state index contributed by atoms with van der Waals surface area (Å²) in [5.74, 6) is 0.237. The highest BCUT2D eigenvalue weighted by Crippen LogP contribution is 2.32. The van der Waals surface area contributed by atoms with Gasteiger partial charge in [0.1, 0.15) is 0 Å². The minimum Gasteiger partial charge on any atom is -0.382 e. The van der Waals surface area contributed by atoms with E-state index in [0.717, 1.165) is 12.1 Å². The molecule has 2 aromatic rings. The number of fused-ring (bicyclic) bond motifs is 1. The summed E-state index contributed by atoms with van der Waals surface area (Å²) in [5.41, 5.74) is 5.20. The van der Waals surface area contributed by atoms with Gasteiger partial charge < -0.3 is 5.73 Å². The van der Waals surface area contributed by atoms with E-state index in [-0.39, 0.29) is 5.82 Å². The van der Waals surface area contributed by atoms with Gasteiger partial charge in [0.15, 0.2) is 5.82 Å². The summed E-state index contributed by atoms with van der Waals surface area (Å²) in [6, 6.07) is 3.37. The van der Waals surface area contributed by atoms with Crippen LogP contribution in [0.1, 0.15) is 5.56 Å². The van der Waals surface area contributed by atoms with Crippen LogP contribution < -0.4 is 5.73 Å². The van der Waals surface area contributed by atoms with Gasteiger partial charge in [-0.05, 0) is 18.2 Å². The van der Waals surface area contributed by atoms with Crippen LogP contribution in [-0.4, -0.2) is 9.78 Å². The number of nitrogens with zero attached hydrogens (tertiary/aromatic N) is 2. The number of aromatic nitrogens is 2. The number of alkyl halides is 3. The molecule has 2 rings (SSSR count). The zero-order valence-electron chi connectivity index (χ0n) is 7.84. The Morgan fingerprint density at radius 3 is 2.60 bits per heavy atom. The summed E-state index contributed by atoms with van der Waals surface area (Å²) < 4.78 is 38.5. The average molecular weight is 215 g/mol. The molecule has 0 radical (unpaired) electrons. The largest absolute Gasteiger partial charge is 0.416 e. The maximum atomic E-state index is 12.4. The first-order chi connectivity index (χ1) is 6.89. The second-order valence-electron chi connectivity index (χ2n) is 3.24. The van der Waals surface area contributed by atoms with Crippen LogP contribution in [0.3, 0.4) is 0 Å². The van der Waals surface area contributed by atoms with E-state index in [1.165, 1.54) is 10.7 Å². The van der Waals surface area contributed by atoms with Crippen molar-refractivity contribution in [3.05, 3.63) is 23.8 Å². The molecule has 0 atom stereocenters. The number of nitrogens with two attached hydrogens (primary N) is 1. The van der Waals surface area contributed by atoms with E-state index in [9.17, 15) is 13.2 Å². The van der Waals surface area contributed by atoms with Gasteiger partial charge in [0.25, 0.3) is 0 Å². The molecule has 6 heteroatoms. The maximum absolute atomic E-state index is 12.4. The quantitative estimate of drug-likeness (QED) is 0.731. The predicted octanol–water partition coefficient (Wildman–Crippen LogP) is 2.17. The van der Waals surface area contributed by atoms with E-state index in [1.54, 1.807) is 7.05 Å². The number of aryl methyl sites for hydroxylation is 1. The smallest absolute Gasteiger partial charge is 0.382 e. The first-order valence-corrected chi connectivity index (χ1v) is 4.19. The first-order valence-electron chi connectivity index (χ1n) is 4.19. The molecule has 1 aromatic heterocycles. The van der Waals surface area contributed by atoms with Gasteiger partial charge in [0.2, 0.25) is 0 Å². The molecular weight excluding hydrogens is 207 g/mol. The number of anilines is 1. The summed E-state index contributed by atoms with van der Waals surface area (Å²) in [7, 11) is 1.55. The molecule has 0 aliphatic rings. The normalized spacial score (nSPS) is 12.3. The van der Waals surface area contributed by atoms with Gasteiger partial charge >= 0.3 is 6.18 Å². The molecule has 15 heavy (non-hydrogen) atoms. The average Bonchev–Trinajstić information content (AvgIpc) is 2.41. The zero-order chi connectivity index (χ0) is 11.2. The summed E-state index contributed by atoms with van der Waals surface area (Å²) >= 11 is 0. The van der Waals surface area contributed by atoms with E-state index < -0.39 is 11.7 Å². The predicted molar refractivity (Wildman–Crippen MR) is 50.1 cm³/mol. The molecule has 2 N–H and O–H groups in total. The van der Waals surface area contributed by atoms with Crippen LogP contribution in [0.4, 0.5) is 19.0 Å². The number of halogens is 3. The van der Waals surface area contributed by atoms with Crippen molar-refractivity contribution in [2.75, 3.05) is 5.73 Å². The van der Waals surface area contributed by atoms with Gasteiger partial charge in [-0.2, -0.15) is 18.3 Å². The SMILES string of the molecule is Cn1nc(N)c2ccc(C(F)(F)F)cc21. The molecule has 0 fully saturated rings. The Balaban J connectivity index is 2.71. The highest BCUT2D eigenvalue weighted by atomic mass is 19.4. The van der Waals surface area contributed by atoms with E-state index in [4.69, 9.17) is 5.73 Å². The molecule has 0 saturated carbocycles. The molecule has 0 amide bonds. The van der Waals surface area contributed by atoms with Crippen molar-refractivity contribution in [1.29, 1.82) is 0 Å². The molecule has 0 saturated heterocycles. The van der Waals surface area contributed by atoms with Crippen LogP contribution in [0.5, 0.6) is 0 Å². The fourth-order valence-corrected chi connectivity index (χ4v) is 1.46. The molecule has 3 nitrogen and oxygen atoms in total. The third kappa shape index (κ3) is 1.51. The van der Waals surface area contributed by atoms with Gasteiger partial charge in [0, 0.05) is 12.4 Å². The lowest BCUT2D eigenvalue weighted by atomic mass is 10.1. The summed E-state index contributed by atoms with van der Waals surface area (Å²) in [4.78, 5) is 0. The fourth-order valence-electron chi connectivity index (χ4n) is 1.46. The lowest BCUT2D eigenvalue weighted by molar-refractivity contribution is -0.137. The van der Waals surface area contributed by atoms with Crippen molar-refractivity contribution in [3.8, 4) is 0 Å². The van der Waals surface area contributed by atoms with Gasteiger partial charge in [-0.15, -0.1) is 0 Å². The molecule has 0 aliphatic carbocycles. The van der Waals surface area contributed by atoms with Gasteiger partial charge in [0.05, 0.1) is 11.1 Å². The molecule has 80 valence electrons. The summed E-state index contributed by atoms with van der Waals surface area (Å²) in [6.45, 7) is 0. The molecule has 0 unspecified atom stereocenters. The topological polar surface area (TPSA) is 43.8 Å². The minimum atomic E-state index is -4.34. The Hall–Kier alpha value is -1.72. The lowest BCUT2D eigenvalue weighted by Crippen LogP contribution is -2.04. The van der Waals surface area contributed by atoms with Crippen molar-refractivity contribution < 1.29 is 13.2 Å². The zero-order valence-corrected chi connectivity index (χ0v) is 7.84. The van der Waals surface area contributed by atoms with Gasteiger partial charge in [-0.3, -0.25) is 4.68 Å². The second kappa shape index (κ2) is 2.88. The van der Waals surface area contributed by atoms with E-state index in [1.807, 2.05) is 0 Å². The third-order valence-electron chi connectivity index (χ3n) is 2.21. The van der Waals surface area contributed by atoms with E-state index in [2.05, 4.69) is 5.10 Å². The van der Waals surface area contributed by atoms with Crippen molar-refractivity contribution in [2.45, 2.75) is 6.18 Å². The Morgan fingerprint density at radius 2 is 2.00 bits per heavy atom. The number of benzene rings is 1. The lowest BCUT2D eigenvalue weighted by Gasteiger charge is -2.06. The fraction of sp³-hybridized carbons (Fsp3) is 0.222.